The quantitative estimate of drug-likeness (QED) is 0.457. The maximum Gasteiger partial charge on any atom is 0.287 e. The molecule has 0 heterocycles. The molecule has 0 unspecified atom stereocenters. The highest BCUT2D eigenvalue weighted by Gasteiger charge is 1.90. The topological polar surface area (TPSA) is 20.3 Å². The fourth-order valence-corrected chi connectivity index (χ4v) is 0. The van der Waals surface area contributed by atoms with Gasteiger partial charge in [0.15, 0.2) is 0 Å². The van der Waals surface area contributed by atoms with Crippen molar-refractivity contribution in [3.8, 4) is 0 Å². The van der Waals surface area contributed by atoms with Crippen LogP contribution in [-0.4, -0.2) is 16.6 Å². The summed E-state index contributed by atoms with van der Waals surface area (Å²) >= 11 is 7.00. The number of hydrogen-bond donors (Lipinski definition) is 2. The molecule has 4 heteroatoms. The predicted molar refractivity (Wildman–Crippen MR) is 31.1 cm³/mol. The standard InChI is InChI=1S/C2H5NOS2/c1-3(6)2(4)5/h6H,1H3,(H,4,5). The molecule has 0 aliphatic rings. The molecule has 0 N–H and O–H groups in total. The van der Waals surface area contributed by atoms with Gasteiger partial charge in [-0.15, -0.1) is 0 Å². The molecule has 0 bridgehead atoms. The summed E-state index contributed by atoms with van der Waals surface area (Å²) in [5, 5.41) is -0.349. The van der Waals surface area contributed by atoms with Crippen molar-refractivity contribution < 1.29 is 4.79 Å². The fraction of sp³-hybridized carbons (Fsp3) is 0.500. The first kappa shape index (κ1) is 6.17. The smallest absolute Gasteiger partial charge is 0.283 e. The Morgan fingerprint density at radius 1 is 1.83 bits per heavy atom. The van der Waals surface area contributed by atoms with Crippen LogP contribution in [0.1, 0.15) is 0 Å². The first-order valence-corrected chi connectivity index (χ1v) is 2.15. The monoisotopic (exact) mass is 123 g/mol. The summed E-state index contributed by atoms with van der Waals surface area (Å²) in [4.78, 5) is 9.86. The van der Waals surface area contributed by atoms with Crippen molar-refractivity contribution in [3.05, 3.63) is 0 Å². The number of hydrogen-bond acceptors (Lipinski definition) is 2. The minimum absolute atomic E-state index is 0.349. The Hall–Kier alpha value is 0.170. The van der Waals surface area contributed by atoms with Gasteiger partial charge >= 0.3 is 0 Å². The third kappa shape index (κ3) is 2.41. The molecule has 0 fully saturated rings. The average Bonchev–Trinajstić information content (AvgIpc) is 1.36. The Labute approximate surface area is 47.5 Å². The first-order valence-electron chi connectivity index (χ1n) is 1.30. The molecule has 0 aromatic carbocycles. The third-order valence-electron chi connectivity index (χ3n) is 0.277. The van der Waals surface area contributed by atoms with Crippen molar-refractivity contribution in [1.82, 2.24) is 4.31 Å². The highest BCUT2D eigenvalue weighted by Crippen LogP contribution is 1.91. The molecular weight excluding hydrogens is 118 g/mol. The molecule has 0 saturated carbocycles. The summed E-state index contributed by atoms with van der Waals surface area (Å²) in [6.45, 7) is 0. The zero-order valence-electron chi connectivity index (χ0n) is 3.25. The molecule has 0 saturated heterocycles. The van der Waals surface area contributed by atoms with E-state index < -0.39 is 0 Å². The normalized spacial score (nSPS) is 7.83. The summed E-state index contributed by atoms with van der Waals surface area (Å²) < 4.78 is 1.09. The first-order chi connectivity index (χ1) is 2.64. The zero-order valence-corrected chi connectivity index (χ0v) is 5.04. The second-order valence-corrected chi connectivity index (χ2v) is 1.79. The molecule has 0 aromatic rings. The number of amides is 1. The Morgan fingerprint density at radius 2 is 2.00 bits per heavy atom. The van der Waals surface area contributed by atoms with Gasteiger partial charge < -0.3 is 0 Å². The van der Waals surface area contributed by atoms with Crippen LogP contribution in [0.25, 0.3) is 0 Å². The van der Waals surface area contributed by atoms with Gasteiger partial charge in [-0.25, -0.2) is 0 Å². The predicted octanol–water partition coefficient (Wildman–Crippen LogP) is 0.813. The van der Waals surface area contributed by atoms with Crippen LogP contribution in [-0.2, 0) is 0 Å². The SMILES string of the molecule is CN(S)C(=O)S. The average molecular weight is 123 g/mol. The number of thiol groups is 2. The number of nitrogens with zero attached hydrogens (tertiary/aromatic N) is 1. The van der Waals surface area contributed by atoms with Gasteiger partial charge in [-0.2, -0.15) is 0 Å². The summed E-state index contributed by atoms with van der Waals surface area (Å²) in [6.07, 6.45) is 0. The molecule has 0 atom stereocenters. The molecule has 0 aromatic heterocycles. The lowest BCUT2D eigenvalue weighted by Gasteiger charge is -1.99. The van der Waals surface area contributed by atoms with Crippen LogP contribution in [0, 0.1) is 0 Å². The summed E-state index contributed by atoms with van der Waals surface area (Å²) in [7, 11) is 1.51. The van der Waals surface area contributed by atoms with E-state index in [-0.39, 0.29) is 5.24 Å². The third-order valence-corrected chi connectivity index (χ3v) is 0.916. The maximum absolute atomic E-state index is 9.86. The summed E-state index contributed by atoms with van der Waals surface area (Å²) in [6, 6.07) is 0. The van der Waals surface area contributed by atoms with E-state index in [2.05, 4.69) is 25.4 Å². The van der Waals surface area contributed by atoms with Crippen LogP contribution < -0.4 is 0 Å². The van der Waals surface area contributed by atoms with Gasteiger partial charge in [-0.05, 0) is 0 Å². The van der Waals surface area contributed by atoms with E-state index in [9.17, 15) is 4.79 Å². The van der Waals surface area contributed by atoms with E-state index in [1.165, 1.54) is 7.05 Å². The summed E-state index contributed by atoms with van der Waals surface area (Å²) in [5.41, 5.74) is 0. The lowest BCUT2D eigenvalue weighted by molar-refractivity contribution is 0.253. The molecule has 0 spiro atoms. The Balaban J connectivity index is 3.26. The van der Waals surface area contributed by atoms with Gasteiger partial charge in [0.05, 0.1) is 0 Å². The van der Waals surface area contributed by atoms with E-state index >= 15 is 0 Å². The van der Waals surface area contributed by atoms with Crippen molar-refractivity contribution in [2.75, 3.05) is 7.05 Å². The second-order valence-electron chi connectivity index (χ2n) is 0.806. The zero-order chi connectivity index (χ0) is 5.15. The van der Waals surface area contributed by atoms with Crippen molar-refractivity contribution in [2.24, 2.45) is 0 Å². The minimum Gasteiger partial charge on any atom is -0.283 e. The number of carbonyl (C=O) groups excluding carboxylic acids is 1. The van der Waals surface area contributed by atoms with Gasteiger partial charge in [0, 0.05) is 7.05 Å². The number of carbonyl (C=O) groups is 1. The van der Waals surface area contributed by atoms with Gasteiger partial charge in [0.1, 0.15) is 0 Å². The van der Waals surface area contributed by atoms with Crippen LogP contribution in [0.3, 0.4) is 0 Å². The van der Waals surface area contributed by atoms with Gasteiger partial charge in [0.25, 0.3) is 5.24 Å². The van der Waals surface area contributed by atoms with E-state index in [0.717, 1.165) is 4.31 Å². The Bertz CT molecular complexity index is 62.6. The summed E-state index contributed by atoms with van der Waals surface area (Å²) in [5.74, 6) is 0. The van der Waals surface area contributed by atoms with Gasteiger partial charge in [0.2, 0.25) is 0 Å². The lowest BCUT2D eigenvalue weighted by Crippen LogP contribution is -2.05. The maximum atomic E-state index is 9.86. The highest BCUT2D eigenvalue weighted by molar-refractivity contribution is 7.98. The molecule has 1 amide bonds. The molecule has 0 radical (unpaired) electrons. The molecule has 0 aliphatic heterocycles. The van der Waals surface area contributed by atoms with Crippen LogP contribution in [0.2, 0.25) is 0 Å². The van der Waals surface area contributed by atoms with Crippen LogP contribution in [0.15, 0.2) is 0 Å². The molecule has 2 nitrogen and oxygen atoms in total. The largest absolute Gasteiger partial charge is 0.287 e. The van der Waals surface area contributed by atoms with Gasteiger partial charge in [-0.1, -0.05) is 25.4 Å². The van der Waals surface area contributed by atoms with E-state index in [1.54, 1.807) is 0 Å². The fourth-order valence-electron chi connectivity index (χ4n) is 0. The molecular formula is C2H5NOS2. The highest BCUT2D eigenvalue weighted by atomic mass is 32.1. The molecule has 6 heavy (non-hydrogen) atoms. The van der Waals surface area contributed by atoms with Crippen molar-refractivity contribution >= 4 is 30.7 Å². The van der Waals surface area contributed by atoms with E-state index in [0.29, 0.717) is 0 Å². The van der Waals surface area contributed by atoms with Crippen LogP contribution in [0.4, 0.5) is 4.79 Å². The number of rotatable bonds is 0. The van der Waals surface area contributed by atoms with Crippen molar-refractivity contribution in [1.29, 1.82) is 0 Å². The lowest BCUT2D eigenvalue weighted by atomic mass is 11.2. The molecule has 36 valence electrons. The molecule has 0 aliphatic carbocycles. The van der Waals surface area contributed by atoms with Gasteiger partial charge in [-0.3, -0.25) is 9.10 Å². The van der Waals surface area contributed by atoms with E-state index in [1.807, 2.05) is 0 Å². The van der Waals surface area contributed by atoms with Crippen molar-refractivity contribution in [3.63, 3.8) is 0 Å². The molecule has 0 rings (SSSR count). The van der Waals surface area contributed by atoms with Crippen LogP contribution >= 0.6 is 25.4 Å². The Morgan fingerprint density at radius 3 is 2.00 bits per heavy atom. The minimum atomic E-state index is -0.349. The Kier molecular flexibility index (Phi) is 2.43. The second kappa shape index (κ2) is 2.36. The van der Waals surface area contributed by atoms with E-state index in [4.69, 9.17) is 0 Å². The van der Waals surface area contributed by atoms with Crippen LogP contribution in [0.5, 0.6) is 0 Å². The van der Waals surface area contributed by atoms with Crippen molar-refractivity contribution in [2.45, 2.75) is 0 Å².